The molecule has 3 nitrogen and oxygen atoms in total. The molecule has 4 heteroatoms. The Kier molecular flexibility index (Phi) is 3.08. The Morgan fingerprint density at radius 2 is 2.31 bits per heavy atom. The van der Waals surface area contributed by atoms with Crippen molar-refractivity contribution in [1.82, 2.24) is 10.3 Å². The summed E-state index contributed by atoms with van der Waals surface area (Å²) in [7, 11) is 0. The molecule has 0 spiro atoms. The Hall–Kier alpha value is -0.800. The fourth-order valence-electron chi connectivity index (χ4n) is 2.42. The summed E-state index contributed by atoms with van der Waals surface area (Å²) in [6.45, 7) is 6.22. The highest BCUT2D eigenvalue weighted by Gasteiger charge is 2.37. The van der Waals surface area contributed by atoms with Gasteiger partial charge in [-0.1, -0.05) is 25.4 Å². The molecule has 2 rings (SSSR count). The molecule has 1 saturated heterocycles. The monoisotopic (exact) mass is 240 g/mol. The number of rotatable bonds is 1. The zero-order valence-electron chi connectivity index (χ0n) is 9.64. The minimum absolute atomic E-state index is 0.0133. The van der Waals surface area contributed by atoms with E-state index in [9.17, 15) is 4.79 Å². The number of H-pyrrole nitrogens is 1. The molecule has 0 radical (unpaired) electrons. The summed E-state index contributed by atoms with van der Waals surface area (Å²) in [5, 5.41) is 3.95. The number of nitrogens with one attached hydrogen (secondary N) is 2. The van der Waals surface area contributed by atoms with Crippen LogP contribution in [0.3, 0.4) is 0 Å². The van der Waals surface area contributed by atoms with Crippen molar-refractivity contribution < 1.29 is 0 Å². The summed E-state index contributed by atoms with van der Waals surface area (Å²) in [5.74, 6) is 0.431. The van der Waals surface area contributed by atoms with E-state index in [1.54, 1.807) is 6.20 Å². The molecule has 0 amide bonds. The maximum absolute atomic E-state index is 11.9. The third-order valence-electron chi connectivity index (χ3n) is 3.84. The van der Waals surface area contributed by atoms with Crippen LogP contribution in [0.1, 0.15) is 25.8 Å². The van der Waals surface area contributed by atoms with Crippen LogP contribution in [0.2, 0.25) is 5.02 Å². The number of hydrogen-bond donors (Lipinski definition) is 2. The Bertz CT molecular complexity index is 443. The quantitative estimate of drug-likeness (QED) is 0.788. The summed E-state index contributed by atoms with van der Waals surface area (Å²) < 4.78 is 0. The first kappa shape index (κ1) is 11.7. The lowest BCUT2D eigenvalue weighted by atomic mass is 9.69. The molecule has 16 heavy (non-hydrogen) atoms. The van der Waals surface area contributed by atoms with Crippen LogP contribution < -0.4 is 10.9 Å². The summed E-state index contributed by atoms with van der Waals surface area (Å²) in [6, 6.07) is 1.81. The first-order valence-corrected chi connectivity index (χ1v) is 6.01. The van der Waals surface area contributed by atoms with E-state index in [1.807, 2.05) is 6.07 Å². The second kappa shape index (κ2) is 4.22. The lowest BCUT2D eigenvalue weighted by Crippen LogP contribution is -2.47. The van der Waals surface area contributed by atoms with Gasteiger partial charge in [-0.05, 0) is 31.5 Å². The van der Waals surface area contributed by atoms with Gasteiger partial charge in [0.15, 0.2) is 0 Å². The lowest BCUT2D eigenvalue weighted by Gasteiger charge is -2.40. The molecule has 0 aliphatic carbocycles. The first-order valence-electron chi connectivity index (χ1n) is 5.63. The number of aromatic nitrogens is 1. The fraction of sp³-hybridized carbons (Fsp3) is 0.583. The molecular weight excluding hydrogens is 224 g/mol. The van der Waals surface area contributed by atoms with Crippen molar-refractivity contribution in [2.24, 2.45) is 5.92 Å². The molecule has 2 heterocycles. The Balaban J connectivity index is 2.48. The maximum Gasteiger partial charge on any atom is 0.251 e. The van der Waals surface area contributed by atoms with Crippen molar-refractivity contribution in [2.75, 3.05) is 13.1 Å². The Labute approximate surface area is 100 Å². The topological polar surface area (TPSA) is 44.9 Å². The minimum Gasteiger partial charge on any atom is -0.327 e. The molecule has 0 saturated carbocycles. The van der Waals surface area contributed by atoms with Gasteiger partial charge >= 0.3 is 0 Å². The molecule has 1 aromatic rings. The van der Waals surface area contributed by atoms with Gasteiger partial charge in [0.1, 0.15) is 0 Å². The van der Waals surface area contributed by atoms with E-state index in [-0.39, 0.29) is 11.0 Å². The van der Waals surface area contributed by atoms with Gasteiger partial charge < -0.3 is 10.3 Å². The maximum atomic E-state index is 11.9. The Morgan fingerprint density at radius 3 is 3.00 bits per heavy atom. The SMILES string of the molecule is CC1CNCC[C@]1(C)c1cc(Cl)c[nH]c1=O. The number of halogens is 1. The predicted molar refractivity (Wildman–Crippen MR) is 66.1 cm³/mol. The molecule has 1 aliphatic rings. The van der Waals surface area contributed by atoms with Crippen molar-refractivity contribution in [2.45, 2.75) is 25.7 Å². The van der Waals surface area contributed by atoms with Gasteiger partial charge in [-0.2, -0.15) is 0 Å². The zero-order valence-corrected chi connectivity index (χ0v) is 10.4. The molecule has 1 aliphatic heterocycles. The third kappa shape index (κ3) is 1.89. The summed E-state index contributed by atoms with van der Waals surface area (Å²) in [4.78, 5) is 14.6. The van der Waals surface area contributed by atoms with Crippen molar-refractivity contribution in [3.63, 3.8) is 0 Å². The van der Waals surface area contributed by atoms with E-state index in [4.69, 9.17) is 11.6 Å². The van der Waals surface area contributed by atoms with Crippen LogP contribution in [0.25, 0.3) is 0 Å². The largest absolute Gasteiger partial charge is 0.327 e. The molecule has 2 N–H and O–H groups in total. The number of piperidine rings is 1. The summed E-state index contributed by atoms with van der Waals surface area (Å²) in [6.07, 6.45) is 2.51. The van der Waals surface area contributed by atoms with E-state index in [1.165, 1.54) is 0 Å². The highest BCUT2D eigenvalue weighted by Crippen LogP contribution is 2.35. The molecule has 1 unspecified atom stereocenters. The highest BCUT2D eigenvalue weighted by atomic mass is 35.5. The average molecular weight is 241 g/mol. The van der Waals surface area contributed by atoms with Gasteiger partial charge in [-0.15, -0.1) is 0 Å². The van der Waals surface area contributed by atoms with Crippen LogP contribution in [0, 0.1) is 5.92 Å². The van der Waals surface area contributed by atoms with Crippen LogP contribution in [0.5, 0.6) is 0 Å². The predicted octanol–water partition coefficient (Wildman–Crippen LogP) is 1.92. The van der Waals surface area contributed by atoms with Crippen LogP contribution in [-0.4, -0.2) is 18.1 Å². The molecule has 0 bridgehead atoms. The zero-order chi connectivity index (χ0) is 11.8. The van der Waals surface area contributed by atoms with Crippen molar-refractivity contribution in [3.05, 3.63) is 33.2 Å². The molecule has 1 fully saturated rings. The van der Waals surface area contributed by atoms with Gasteiger partial charge in [0.2, 0.25) is 0 Å². The van der Waals surface area contributed by atoms with Crippen LogP contribution in [-0.2, 0) is 5.41 Å². The normalized spacial score (nSPS) is 30.3. The molecule has 1 aromatic heterocycles. The van der Waals surface area contributed by atoms with E-state index in [0.29, 0.717) is 10.9 Å². The Morgan fingerprint density at radius 1 is 1.56 bits per heavy atom. The van der Waals surface area contributed by atoms with Gasteiger partial charge in [0.05, 0.1) is 5.02 Å². The smallest absolute Gasteiger partial charge is 0.251 e. The van der Waals surface area contributed by atoms with Crippen molar-refractivity contribution >= 4 is 11.6 Å². The van der Waals surface area contributed by atoms with Crippen LogP contribution in [0.4, 0.5) is 0 Å². The molecule has 2 atom stereocenters. The standard InChI is InChI=1S/C12H17ClN2O/c1-8-6-14-4-3-12(8,2)10-5-9(13)7-15-11(10)16/h5,7-8,14H,3-4,6H2,1-2H3,(H,15,16)/t8?,12-/m0/s1. The first-order chi connectivity index (χ1) is 7.54. The van der Waals surface area contributed by atoms with Crippen LogP contribution >= 0.6 is 11.6 Å². The van der Waals surface area contributed by atoms with E-state index in [0.717, 1.165) is 25.1 Å². The van der Waals surface area contributed by atoms with Crippen molar-refractivity contribution in [3.8, 4) is 0 Å². The fourth-order valence-corrected chi connectivity index (χ4v) is 2.58. The lowest BCUT2D eigenvalue weighted by molar-refractivity contribution is 0.236. The molecular formula is C12H17ClN2O. The van der Waals surface area contributed by atoms with Crippen molar-refractivity contribution in [1.29, 1.82) is 0 Å². The van der Waals surface area contributed by atoms with E-state index in [2.05, 4.69) is 24.1 Å². The summed E-state index contributed by atoms with van der Waals surface area (Å²) in [5.41, 5.74) is 0.721. The molecule has 88 valence electrons. The number of pyridine rings is 1. The minimum atomic E-state index is -0.0796. The van der Waals surface area contributed by atoms with Gasteiger partial charge in [0, 0.05) is 17.2 Å². The second-order valence-corrected chi connectivity index (χ2v) is 5.27. The second-order valence-electron chi connectivity index (χ2n) is 4.83. The van der Waals surface area contributed by atoms with Gasteiger partial charge in [0.25, 0.3) is 5.56 Å². The number of aromatic amines is 1. The molecule has 0 aromatic carbocycles. The van der Waals surface area contributed by atoms with E-state index >= 15 is 0 Å². The summed E-state index contributed by atoms with van der Waals surface area (Å²) >= 11 is 5.96. The third-order valence-corrected chi connectivity index (χ3v) is 4.06. The van der Waals surface area contributed by atoms with Gasteiger partial charge in [-0.3, -0.25) is 4.79 Å². The average Bonchev–Trinajstić information content (AvgIpc) is 2.26. The van der Waals surface area contributed by atoms with E-state index < -0.39 is 0 Å². The van der Waals surface area contributed by atoms with Gasteiger partial charge in [-0.25, -0.2) is 0 Å². The number of hydrogen-bond acceptors (Lipinski definition) is 2. The highest BCUT2D eigenvalue weighted by molar-refractivity contribution is 6.30. The van der Waals surface area contributed by atoms with Crippen LogP contribution in [0.15, 0.2) is 17.1 Å².